The van der Waals surface area contributed by atoms with Gasteiger partial charge >= 0.3 is 0 Å². The first-order valence-corrected chi connectivity index (χ1v) is 8.26. The van der Waals surface area contributed by atoms with Gasteiger partial charge in [-0.3, -0.25) is 4.98 Å². The number of sulfone groups is 1. The third-order valence-corrected chi connectivity index (χ3v) is 5.27. The molecule has 1 aliphatic heterocycles. The van der Waals surface area contributed by atoms with Crippen LogP contribution in [0.25, 0.3) is 0 Å². The molecule has 0 saturated carbocycles. The third kappa shape index (κ3) is 3.53. The van der Waals surface area contributed by atoms with E-state index in [0.717, 1.165) is 24.9 Å². The number of nitrogens with zero attached hydrogens (tertiary/aromatic N) is 1. The van der Waals surface area contributed by atoms with Crippen LogP contribution >= 0.6 is 0 Å². The molecule has 1 N–H and O–H groups in total. The standard InChI is InChI=1S/C13H20N2O2S/c1-2-15-13(12-4-3-6-14-9-12)8-11-5-7-18(16,17)10-11/h3-4,6,9,11,13,15H,2,5,7-8,10H2,1H3. The van der Waals surface area contributed by atoms with E-state index >= 15 is 0 Å². The molecule has 2 rings (SSSR count). The van der Waals surface area contributed by atoms with Crippen LogP contribution in [0.1, 0.15) is 31.4 Å². The molecule has 0 radical (unpaired) electrons. The van der Waals surface area contributed by atoms with E-state index in [-0.39, 0.29) is 12.0 Å². The van der Waals surface area contributed by atoms with Crippen molar-refractivity contribution in [3.63, 3.8) is 0 Å². The van der Waals surface area contributed by atoms with Gasteiger partial charge in [0.1, 0.15) is 0 Å². The summed E-state index contributed by atoms with van der Waals surface area (Å²) in [6, 6.07) is 4.18. The summed E-state index contributed by atoms with van der Waals surface area (Å²) in [4.78, 5) is 4.13. The van der Waals surface area contributed by atoms with Gasteiger partial charge in [0.2, 0.25) is 0 Å². The number of pyridine rings is 1. The Hall–Kier alpha value is -0.940. The van der Waals surface area contributed by atoms with Crippen LogP contribution in [0.3, 0.4) is 0 Å². The Labute approximate surface area is 109 Å². The fraction of sp³-hybridized carbons (Fsp3) is 0.615. The van der Waals surface area contributed by atoms with Gasteiger partial charge < -0.3 is 5.32 Å². The Morgan fingerprint density at radius 2 is 2.39 bits per heavy atom. The lowest BCUT2D eigenvalue weighted by atomic mass is 9.95. The molecule has 4 nitrogen and oxygen atoms in total. The van der Waals surface area contributed by atoms with Crippen molar-refractivity contribution in [2.75, 3.05) is 18.1 Å². The molecule has 0 amide bonds. The predicted octanol–water partition coefficient (Wildman–Crippen LogP) is 1.56. The molecule has 0 aliphatic carbocycles. The van der Waals surface area contributed by atoms with Gasteiger partial charge in [0.25, 0.3) is 0 Å². The van der Waals surface area contributed by atoms with E-state index in [9.17, 15) is 8.42 Å². The van der Waals surface area contributed by atoms with E-state index in [4.69, 9.17) is 0 Å². The van der Waals surface area contributed by atoms with Crippen molar-refractivity contribution >= 4 is 9.84 Å². The maximum absolute atomic E-state index is 11.5. The number of rotatable bonds is 5. The molecule has 2 atom stereocenters. The van der Waals surface area contributed by atoms with Crippen LogP contribution < -0.4 is 5.32 Å². The molecule has 0 spiro atoms. The quantitative estimate of drug-likeness (QED) is 0.880. The average molecular weight is 268 g/mol. The average Bonchev–Trinajstić information content (AvgIpc) is 2.69. The first-order chi connectivity index (χ1) is 8.61. The van der Waals surface area contributed by atoms with Crippen molar-refractivity contribution < 1.29 is 8.42 Å². The van der Waals surface area contributed by atoms with Crippen molar-refractivity contribution in [1.82, 2.24) is 10.3 Å². The van der Waals surface area contributed by atoms with Gasteiger partial charge in [0, 0.05) is 18.4 Å². The molecule has 1 fully saturated rings. The summed E-state index contributed by atoms with van der Waals surface area (Å²) < 4.78 is 23.0. The summed E-state index contributed by atoms with van der Waals surface area (Å²) in [6.07, 6.45) is 5.28. The SMILES string of the molecule is CCNC(CC1CCS(=O)(=O)C1)c1cccnc1. The maximum Gasteiger partial charge on any atom is 0.150 e. The molecule has 1 saturated heterocycles. The lowest BCUT2D eigenvalue weighted by molar-refractivity contribution is 0.421. The second kappa shape index (κ2) is 5.80. The van der Waals surface area contributed by atoms with Gasteiger partial charge in [0.05, 0.1) is 11.5 Å². The topological polar surface area (TPSA) is 59.1 Å². The summed E-state index contributed by atoms with van der Waals surface area (Å²) in [5.41, 5.74) is 1.14. The second-order valence-electron chi connectivity index (χ2n) is 4.90. The Balaban J connectivity index is 2.04. The first-order valence-electron chi connectivity index (χ1n) is 6.44. The van der Waals surface area contributed by atoms with Crippen LogP contribution in [0.5, 0.6) is 0 Å². The zero-order valence-corrected chi connectivity index (χ0v) is 11.5. The van der Waals surface area contributed by atoms with Crippen LogP contribution in [0.15, 0.2) is 24.5 Å². The second-order valence-corrected chi connectivity index (χ2v) is 7.13. The van der Waals surface area contributed by atoms with Gasteiger partial charge in [-0.25, -0.2) is 8.42 Å². The largest absolute Gasteiger partial charge is 0.310 e. The molecular formula is C13H20N2O2S. The van der Waals surface area contributed by atoms with Crippen LogP contribution in [0, 0.1) is 5.92 Å². The highest BCUT2D eigenvalue weighted by Gasteiger charge is 2.29. The minimum Gasteiger partial charge on any atom is -0.310 e. The summed E-state index contributed by atoms with van der Waals surface area (Å²) in [5, 5.41) is 3.42. The maximum atomic E-state index is 11.5. The van der Waals surface area contributed by atoms with Crippen molar-refractivity contribution in [2.45, 2.75) is 25.8 Å². The predicted molar refractivity (Wildman–Crippen MR) is 72.0 cm³/mol. The lowest BCUT2D eigenvalue weighted by Crippen LogP contribution is -2.24. The molecule has 18 heavy (non-hydrogen) atoms. The molecule has 0 aromatic carbocycles. The number of hydrogen-bond acceptors (Lipinski definition) is 4. The van der Waals surface area contributed by atoms with Crippen LogP contribution in [-0.2, 0) is 9.84 Å². The first kappa shape index (κ1) is 13.5. The lowest BCUT2D eigenvalue weighted by Gasteiger charge is -2.20. The van der Waals surface area contributed by atoms with E-state index in [0.29, 0.717) is 11.5 Å². The normalized spacial score (nSPS) is 23.9. The van der Waals surface area contributed by atoms with Gasteiger partial charge in [-0.2, -0.15) is 0 Å². The van der Waals surface area contributed by atoms with Crippen molar-refractivity contribution in [2.24, 2.45) is 5.92 Å². The minimum absolute atomic E-state index is 0.210. The molecule has 2 heterocycles. The summed E-state index contributed by atoms with van der Waals surface area (Å²) in [5.74, 6) is 0.970. The smallest absolute Gasteiger partial charge is 0.150 e. The van der Waals surface area contributed by atoms with E-state index in [2.05, 4.69) is 17.2 Å². The molecule has 1 aromatic heterocycles. The third-order valence-electron chi connectivity index (χ3n) is 3.43. The van der Waals surface area contributed by atoms with Crippen LogP contribution in [0.2, 0.25) is 0 Å². The van der Waals surface area contributed by atoms with Gasteiger partial charge in [0.15, 0.2) is 9.84 Å². The van der Waals surface area contributed by atoms with E-state index in [1.807, 2.05) is 18.3 Å². The summed E-state index contributed by atoms with van der Waals surface area (Å²) in [7, 11) is -2.78. The zero-order valence-electron chi connectivity index (χ0n) is 10.7. The van der Waals surface area contributed by atoms with E-state index in [1.54, 1.807) is 6.20 Å². The fourth-order valence-electron chi connectivity index (χ4n) is 2.56. The Morgan fingerprint density at radius 1 is 1.56 bits per heavy atom. The Morgan fingerprint density at radius 3 is 2.94 bits per heavy atom. The highest BCUT2D eigenvalue weighted by molar-refractivity contribution is 7.91. The number of nitrogens with one attached hydrogen (secondary N) is 1. The molecule has 1 aromatic rings. The fourth-order valence-corrected chi connectivity index (χ4v) is 4.44. The van der Waals surface area contributed by atoms with Crippen molar-refractivity contribution in [1.29, 1.82) is 0 Å². The van der Waals surface area contributed by atoms with Crippen molar-refractivity contribution in [3.8, 4) is 0 Å². The zero-order chi connectivity index (χ0) is 13.0. The monoisotopic (exact) mass is 268 g/mol. The molecule has 2 unspecified atom stereocenters. The number of hydrogen-bond donors (Lipinski definition) is 1. The van der Waals surface area contributed by atoms with Crippen LogP contribution in [-0.4, -0.2) is 31.5 Å². The summed E-state index contributed by atoms with van der Waals surface area (Å²) in [6.45, 7) is 2.94. The molecule has 0 bridgehead atoms. The molecule has 5 heteroatoms. The number of aromatic nitrogens is 1. The minimum atomic E-state index is -2.78. The molecule has 100 valence electrons. The van der Waals surface area contributed by atoms with Crippen molar-refractivity contribution in [3.05, 3.63) is 30.1 Å². The Bertz CT molecular complexity index is 473. The molecular weight excluding hydrogens is 248 g/mol. The van der Waals surface area contributed by atoms with Gasteiger partial charge in [-0.15, -0.1) is 0 Å². The van der Waals surface area contributed by atoms with E-state index in [1.165, 1.54) is 0 Å². The summed E-state index contributed by atoms with van der Waals surface area (Å²) >= 11 is 0. The highest BCUT2D eigenvalue weighted by atomic mass is 32.2. The Kier molecular flexibility index (Phi) is 4.35. The van der Waals surface area contributed by atoms with E-state index < -0.39 is 9.84 Å². The van der Waals surface area contributed by atoms with Crippen LogP contribution in [0.4, 0.5) is 0 Å². The highest BCUT2D eigenvalue weighted by Crippen LogP contribution is 2.28. The van der Waals surface area contributed by atoms with Gasteiger partial charge in [-0.1, -0.05) is 13.0 Å². The molecule has 1 aliphatic rings. The van der Waals surface area contributed by atoms with Gasteiger partial charge in [-0.05, 0) is 36.9 Å².